The van der Waals surface area contributed by atoms with E-state index in [4.69, 9.17) is 9.97 Å². The molecule has 0 amide bonds. The van der Waals surface area contributed by atoms with Crippen LogP contribution in [0.4, 0.5) is 0 Å². The van der Waals surface area contributed by atoms with Gasteiger partial charge in [-0.25, -0.2) is 9.97 Å². The Morgan fingerprint density at radius 2 is 0.847 bits per heavy atom. The predicted octanol–water partition coefficient (Wildman–Crippen LogP) is 15.1. The SMILES string of the molecule is CC1(C)c2cc3ccccc3cc2-c2c(-c3ccc(-c4ccc(-c5cc(-c6ccc(-c7ccccc7)cc6)nc(-c6ccccc6)n5)c5ccccc45)cc3)cccc21. The van der Waals surface area contributed by atoms with Crippen LogP contribution in [0.2, 0.25) is 0 Å². The standard InChI is InChI=1S/C57H40N2/c1-57(2)51-23-13-22-46(55(51)50-34-43-18-9-10-19-44(43)35-52(50)57)40-28-26-39(27-29-40)45-32-33-49(48-21-12-11-20-47(45)48)54-36-53(58-56(59-54)42-16-7-4-8-17-42)41-30-24-38(25-31-41)37-14-5-3-6-15-37/h3-36H,1-2H3. The molecule has 9 aromatic carbocycles. The molecule has 0 radical (unpaired) electrons. The Hall–Kier alpha value is -7.42. The summed E-state index contributed by atoms with van der Waals surface area (Å²) in [6.45, 7) is 4.73. The summed E-state index contributed by atoms with van der Waals surface area (Å²) in [5.41, 5.74) is 17.6. The first kappa shape index (κ1) is 34.8. The molecule has 59 heavy (non-hydrogen) atoms. The average molecular weight is 753 g/mol. The van der Waals surface area contributed by atoms with Gasteiger partial charge in [0.2, 0.25) is 0 Å². The van der Waals surface area contributed by atoms with Crippen LogP contribution in [-0.4, -0.2) is 9.97 Å². The number of hydrogen-bond acceptors (Lipinski definition) is 2. The molecule has 1 aromatic heterocycles. The van der Waals surface area contributed by atoms with Gasteiger partial charge in [-0.2, -0.15) is 0 Å². The van der Waals surface area contributed by atoms with Gasteiger partial charge in [-0.15, -0.1) is 0 Å². The molecule has 1 heterocycles. The molecule has 278 valence electrons. The minimum absolute atomic E-state index is 0.0788. The fourth-order valence-electron chi connectivity index (χ4n) is 9.23. The molecule has 1 aliphatic rings. The Labute approximate surface area is 345 Å². The first-order chi connectivity index (χ1) is 29.0. The van der Waals surface area contributed by atoms with Crippen LogP contribution in [-0.2, 0) is 5.41 Å². The van der Waals surface area contributed by atoms with Crippen molar-refractivity contribution in [3.63, 3.8) is 0 Å². The van der Waals surface area contributed by atoms with Crippen LogP contribution in [0.5, 0.6) is 0 Å². The number of benzene rings is 9. The predicted molar refractivity (Wildman–Crippen MR) is 247 cm³/mol. The largest absolute Gasteiger partial charge is 0.228 e. The van der Waals surface area contributed by atoms with Crippen molar-refractivity contribution in [2.75, 3.05) is 0 Å². The van der Waals surface area contributed by atoms with Crippen molar-refractivity contribution in [2.45, 2.75) is 19.3 Å². The van der Waals surface area contributed by atoms with Gasteiger partial charge in [0.25, 0.3) is 0 Å². The van der Waals surface area contributed by atoms with Crippen molar-refractivity contribution in [1.82, 2.24) is 9.97 Å². The molecule has 2 heteroatoms. The summed E-state index contributed by atoms with van der Waals surface area (Å²) in [7, 11) is 0. The summed E-state index contributed by atoms with van der Waals surface area (Å²) in [4.78, 5) is 10.3. The first-order valence-electron chi connectivity index (χ1n) is 20.4. The zero-order valence-electron chi connectivity index (χ0n) is 33.0. The molecular weight excluding hydrogens is 713 g/mol. The minimum atomic E-state index is -0.0788. The lowest BCUT2D eigenvalue weighted by Gasteiger charge is -2.22. The summed E-state index contributed by atoms with van der Waals surface area (Å²) < 4.78 is 0. The maximum atomic E-state index is 5.22. The molecule has 0 fully saturated rings. The molecule has 0 saturated heterocycles. The van der Waals surface area contributed by atoms with E-state index in [-0.39, 0.29) is 5.41 Å². The topological polar surface area (TPSA) is 25.8 Å². The third kappa shape index (κ3) is 5.96. The van der Waals surface area contributed by atoms with Crippen LogP contribution in [0, 0.1) is 0 Å². The fourth-order valence-corrected chi connectivity index (χ4v) is 9.23. The van der Waals surface area contributed by atoms with Crippen LogP contribution in [0.3, 0.4) is 0 Å². The van der Waals surface area contributed by atoms with Gasteiger partial charge in [0, 0.05) is 22.1 Å². The molecule has 0 atom stereocenters. The number of fused-ring (bicyclic) bond motifs is 5. The van der Waals surface area contributed by atoms with Crippen molar-refractivity contribution < 1.29 is 0 Å². The first-order valence-corrected chi connectivity index (χ1v) is 20.4. The van der Waals surface area contributed by atoms with Crippen LogP contribution in [0.15, 0.2) is 206 Å². The van der Waals surface area contributed by atoms with Gasteiger partial charge in [-0.05, 0) is 95.4 Å². The van der Waals surface area contributed by atoms with Crippen LogP contribution < -0.4 is 0 Å². The highest BCUT2D eigenvalue weighted by Gasteiger charge is 2.37. The average Bonchev–Trinajstić information content (AvgIpc) is 3.53. The normalized spacial score (nSPS) is 12.7. The Morgan fingerprint density at radius 3 is 1.56 bits per heavy atom. The molecule has 0 unspecified atom stereocenters. The third-order valence-corrected chi connectivity index (χ3v) is 12.3. The molecule has 0 saturated carbocycles. The van der Waals surface area contributed by atoms with Crippen molar-refractivity contribution in [3.8, 4) is 78.4 Å². The van der Waals surface area contributed by atoms with E-state index in [1.165, 1.54) is 71.8 Å². The Morgan fingerprint density at radius 1 is 0.322 bits per heavy atom. The lowest BCUT2D eigenvalue weighted by Crippen LogP contribution is -2.14. The smallest absolute Gasteiger partial charge is 0.160 e. The van der Waals surface area contributed by atoms with E-state index >= 15 is 0 Å². The zero-order chi connectivity index (χ0) is 39.5. The molecule has 0 N–H and O–H groups in total. The molecule has 10 aromatic rings. The molecule has 0 bridgehead atoms. The van der Waals surface area contributed by atoms with Crippen molar-refractivity contribution in [3.05, 3.63) is 217 Å². The highest BCUT2D eigenvalue weighted by atomic mass is 14.9. The summed E-state index contributed by atoms with van der Waals surface area (Å²) in [6, 6.07) is 74.3. The number of aromatic nitrogens is 2. The van der Waals surface area contributed by atoms with E-state index in [2.05, 4.69) is 202 Å². The summed E-state index contributed by atoms with van der Waals surface area (Å²) >= 11 is 0. The molecule has 1 aliphatic carbocycles. The minimum Gasteiger partial charge on any atom is -0.228 e. The quantitative estimate of drug-likeness (QED) is 0.169. The molecular formula is C57H40N2. The molecule has 0 aliphatic heterocycles. The number of rotatable bonds is 6. The highest BCUT2D eigenvalue weighted by Crippen LogP contribution is 2.53. The van der Waals surface area contributed by atoms with Gasteiger partial charge < -0.3 is 0 Å². The zero-order valence-corrected chi connectivity index (χ0v) is 33.0. The lowest BCUT2D eigenvalue weighted by atomic mass is 9.81. The molecule has 2 nitrogen and oxygen atoms in total. The van der Waals surface area contributed by atoms with Crippen LogP contribution in [0.1, 0.15) is 25.0 Å². The van der Waals surface area contributed by atoms with Crippen molar-refractivity contribution >= 4 is 21.5 Å². The van der Waals surface area contributed by atoms with Gasteiger partial charge in [0.1, 0.15) is 0 Å². The van der Waals surface area contributed by atoms with Crippen LogP contribution >= 0.6 is 0 Å². The number of hydrogen-bond donors (Lipinski definition) is 0. The maximum absolute atomic E-state index is 5.22. The van der Waals surface area contributed by atoms with Gasteiger partial charge in [0.15, 0.2) is 5.82 Å². The maximum Gasteiger partial charge on any atom is 0.160 e. The number of nitrogens with zero attached hydrogens (tertiary/aromatic N) is 2. The monoisotopic (exact) mass is 752 g/mol. The summed E-state index contributed by atoms with van der Waals surface area (Å²) in [5, 5.41) is 4.92. The van der Waals surface area contributed by atoms with E-state index in [0.717, 1.165) is 33.5 Å². The van der Waals surface area contributed by atoms with E-state index < -0.39 is 0 Å². The van der Waals surface area contributed by atoms with E-state index in [1.54, 1.807) is 0 Å². The third-order valence-electron chi connectivity index (χ3n) is 12.3. The van der Waals surface area contributed by atoms with E-state index in [1.807, 2.05) is 18.2 Å². The Bertz CT molecular complexity index is 3200. The van der Waals surface area contributed by atoms with Gasteiger partial charge in [-0.3, -0.25) is 0 Å². The fraction of sp³-hybridized carbons (Fsp3) is 0.0526. The second kappa shape index (κ2) is 13.9. The highest BCUT2D eigenvalue weighted by molar-refractivity contribution is 6.05. The van der Waals surface area contributed by atoms with E-state index in [0.29, 0.717) is 5.82 Å². The van der Waals surface area contributed by atoms with Crippen molar-refractivity contribution in [1.29, 1.82) is 0 Å². The van der Waals surface area contributed by atoms with Crippen LogP contribution in [0.25, 0.3) is 100.0 Å². The van der Waals surface area contributed by atoms with Gasteiger partial charge >= 0.3 is 0 Å². The van der Waals surface area contributed by atoms with Gasteiger partial charge in [0.05, 0.1) is 11.4 Å². The second-order valence-electron chi connectivity index (χ2n) is 16.2. The van der Waals surface area contributed by atoms with E-state index in [9.17, 15) is 0 Å². The summed E-state index contributed by atoms with van der Waals surface area (Å²) in [5.74, 6) is 0.709. The molecule has 11 rings (SSSR count). The molecule has 0 spiro atoms. The van der Waals surface area contributed by atoms with Crippen molar-refractivity contribution in [2.24, 2.45) is 0 Å². The Kier molecular flexibility index (Phi) is 8.20. The van der Waals surface area contributed by atoms with Gasteiger partial charge in [-0.1, -0.05) is 202 Å². The second-order valence-corrected chi connectivity index (χ2v) is 16.2. The summed E-state index contributed by atoms with van der Waals surface area (Å²) in [6.07, 6.45) is 0. The Balaban J connectivity index is 0.990. The lowest BCUT2D eigenvalue weighted by molar-refractivity contribution is 0.661.